The van der Waals surface area contributed by atoms with Crippen LogP contribution in [0.4, 0.5) is 0 Å². The second kappa shape index (κ2) is 5.36. The second-order valence-corrected chi connectivity index (χ2v) is 4.46. The van der Waals surface area contributed by atoms with Crippen LogP contribution in [0.15, 0.2) is 42.7 Å². The Labute approximate surface area is 113 Å². The van der Waals surface area contributed by atoms with Gasteiger partial charge in [0.15, 0.2) is 0 Å². The summed E-state index contributed by atoms with van der Waals surface area (Å²) in [5.74, 6) is 0. The third-order valence-corrected chi connectivity index (χ3v) is 3.00. The Morgan fingerprint density at radius 1 is 1.26 bits per heavy atom. The summed E-state index contributed by atoms with van der Waals surface area (Å²) in [7, 11) is 0. The van der Waals surface area contributed by atoms with Gasteiger partial charge in [-0.3, -0.25) is 4.98 Å². The van der Waals surface area contributed by atoms with Crippen molar-refractivity contribution < 1.29 is 0 Å². The quantitative estimate of drug-likeness (QED) is 0.832. The lowest BCUT2D eigenvalue weighted by molar-refractivity contribution is 1.30. The zero-order valence-corrected chi connectivity index (χ0v) is 11.0. The summed E-state index contributed by atoms with van der Waals surface area (Å²) in [4.78, 5) is 4.03. The Bertz CT molecular complexity index is 664. The molecule has 0 aliphatic heterocycles. The molecule has 0 fully saturated rings. The van der Waals surface area contributed by atoms with Crippen molar-refractivity contribution in [1.82, 2.24) is 4.98 Å². The smallest absolute Gasteiger partial charge is 0.102 e. The van der Waals surface area contributed by atoms with Gasteiger partial charge in [-0.2, -0.15) is 5.26 Å². The summed E-state index contributed by atoms with van der Waals surface area (Å²) in [6, 6.07) is 11.8. The van der Waals surface area contributed by atoms with Gasteiger partial charge < -0.3 is 5.73 Å². The van der Waals surface area contributed by atoms with E-state index in [1.165, 1.54) is 5.56 Å². The highest BCUT2D eigenvalue weighted by Gasteiger charge is 2.10. The maximum atomic E-state index is 9.34. The number of nitrogens with two attached hydrogens (primary N) is 1. The van der Waals surface area contributed by atoms with Gasteiger partial charge in [0.1, 0.15) is 6.07 Å². The standard InChI is InChI=1S/C16H15N3/c1-11-5-6-14(12(2)8-11)16(18)15(9-17)13-4-3-7-19-10-13/h3-8,10H,18H2,1-2H3/b16-15+. The van der Waals surface area contributed by atoms with Crippen molar-refractivity contribution in [3.05, 3.63) is 65.0 Å². The molecule has 2 N–H and O–H groups in total. The van der Waals surface area contributed by atoms with Crippen molar-refractivity contribution in [2.75, 3.05) is 0 Å². The van der Waals surface area contributed by atoms with E-state index in [2.05, 4.69) is 17.1 Å². The van der Waals surface area contributed by atoms with Gasteiger partial charge in [0, 0.05) is 23.5 Å². The second-order valence-electron chi connectivity index (χ2n) is 4.46. The number of nitrogens with zero attached hydrogens (tertiary/aromatic N) is 2. The number of pyridine rings is 1. The average molecular weight is 249 g/mol. The molecule has 0 radical (unpaired) electrons. The monoisotopic (exact) mass is 249 g/mol. The van der Waals surface area contributed by atoms with Crippen LogP contribution >= 0.6 is 0 Å². The number of hydrogen-bond acceptors (Lipinski definition) is 3. The molecule has 0 bridgehead atoms. The van der Waals surface area contributed by atoms with Crippen LogP contribution in [0, 0.1) is 25.2 Å². The lowest BCUT2D eigenvalue weighted by atomic mass is 9.98. The Balaban J connectivity index is 2.59. The van der Waals surface area contributed by atoms with Crippen molar-refractivity contribution in [3.8, 4) is 6.07 Å². The zero-order chi connectivity index (χ0) is 13.8. The largest absolute Gasteiger partial charge is 0.397 e. The van der Waals surface area contributed by atoms with E-state index in [1.54, 1.807) is 18.5 Å². The summed E-state index contributed by atoms with van der Waals surface area (Å²) in [6.07, 6.45) is 3.32. The predicted molar refractivity (Wildman–Crippen MR) is 76.8 cm³/mol. The molecule has 1 heterocycles. The van der Waals surface area contributed by atoms with Gasteiger partial charge in [-0.25, -0.2) is 0 Å². The highest BCUT2D eigenvalue weighted by Crippen LogP contribution is 2.24. The van der Waals surface area contributed by atoms with E-state index >= 15 is 0 Å². The molecule has 94 valence electrons. The number of hydrogen-bond donors (Lipinski definition) is 1. The van der Waals surface area contributed by atoms with Gasteiger partial charge in [-0.15, -0.1) is 0 Å². The average Bonchev–Trinajstić information content (AvgIpc) is 2.40. The summed E-state index contributed by atoms with van der Waals surface area (Å²) in [6.45, 7) is 4.02. The highest BCUT2D eigenvalue weighted by molar-refractivity contribution is 5.96. The van der Waals surface area contributed by atoms with Gasteiger partial charge in [0.25, 0.3) is 0 Å². The van der Waals surface area contributed by atoms with Crippen LogP contribution in [0.5, 0.6) is 0 Å². The van der Waals surface area contributed by atoms with E-state index in [9.17, 15) is 5.26 Å². The van der Waals surface area contributed by atoms with Crippen molar-refractivity contribution in [1.29, 1.82) is 5.26 Å². The fourth-order valence-electron chi connectivity index (χ4n) is 2.04. The molecule has 0 aliphatic rings. The number of rotatable bonds is 2. The first-order chi connectivity index (χ1) is 9.13. The Hall–Kier alpha value is -2.60. The molecule has 3 nitrogen and oxygen atoms in total. The minimum absolute atomic E-state index is 0.458. The van der Waals surface area contributed by atoms with Crippen LogP contribution in [0.25, 0.3) is 11.3 Å². The number of benzene rings is 1. The van der Waals surface area contributed by atoms with Gasteiger partial charge in [0.05, 0.1) is 11.3 Å². The van der Waals surface area contributed by atoms with E-state index in [-0.39, 0.29) is 0 Å². The highest BCUT2D eigenvalue weighted by atomic mass is 14.6. The Morgan fingerprint density at radius 3 is 2.63 bits per heavy atom. The molecule has 0 saturated carbocycles. The lowest BCUT2D eigenvalue weighted by Gasteiger charge is -2.10. The maximum absolute atomic E-state index is 9.34. The molecule has 0 unspecified atom stereocenters. The van der Waals surface area contributed by atoms with E-state index in [0.29, 0.717) is 11.3 Å². The lowest BCUT2D eigenvalue weighted by Crippen LogP contribution is -2.03. The van der Waals surface area contributed by atoms with Crippen LogP contribution in [0.2, 0.25) is 0 Å². The molecule has 2 rings (SSSR count). The summed E-state index contributed by atoms with van der Waals surface area (Å²) in [5, 5.41) is 9.34. The molecular weight excluding hydrogens is 234 g/mol. The first-order valence-corrected chi connectivity index (χ1v) is 6.01. The van der Waals surface area contributed by atoms with Crippen LogP contribution in [-0.4, -0.2) is 4.98 Å². The molecule has 0 aliphatic carbocycles. The molecule has 0 atom stereocenters. The molecule has 1 aromatic heterocycles. The first kappa shape index (κ1) is 12.8. The van der Waals surface area contributed by atoms with E-state index in [1.807, 2.05) is 32.0 Å². The number of nitriles is 1. The van der Waals surface area contributed by atoms with E-state index in [4.69, 9.17) is 5.73 Å². The van der Waals surface area contributed by atoms with Gasteiger partial charge in [0.2, 0.25) is 0 Å². The maximum Gasteiger partial charge on any atom is 0.102 e. The molecule has 3 heteroatoms. The minimum Gasteiger partial charge on any atom is -0.397 e. The first-order valence-electron chi connectivity index (χ1n) is 6.01. The molecule has 19 heavy (non-hydrogen) atoms. The van der Waals surface area contributed by atoms with E-state index < -0.39 is 0 Å². The normalized spacial score (nSPS) is 11.6. The van der Waals surface area contributed by atoms with Crippen LogP contribution in [0.3, 0.4) is 0 Å². The molecule has 0 amide bonds. The molecule has 0 saturated heterocycles. The van der Waals surface area contributed by atoms with Crippen LogP contribution < -0.4 is 5.73 Å². The summed E-state index contributed by atoms with van der Waals surface area (Å²) < 4.78 is 0. The fraction of sp³-hybridized carbons (Fsp3) is 0.125. The number of allylic oxidation sites excluding steroid dienone is 1. The van der Waals surface area contributed by atoms with Gasteiger partial charge >= 0.3 is 0 Å². The predicted octanol–water partition coefficient (Wildman–Crippen LogP) is 3.05. The Morgan fingerprint density at radius 2 is 2.05 bits per heavy atom. The Kier molecular flexibility index (Phi) is 3.63. The zero-order valence-electron chi connectivity index (χ0n) is 11.0. The molecule has 2 aromatic rings. The number of aromatic nitrogens is 1. The molecule has 0 spiro atoms. The molecular formula is C16H15N3. The number of aryl methyl sites for hydroxylation is 2. The molecule has 1 aromatic carbocycles. The van der Waals surface area contributed by atoms with Crippen molar-refractivity contribution >= 4 is 11.3 Å². The van der Waals surface area contributed by atoms with Gasteiger partial charge in [-0.1, -0.05) is 29.8 Å². The summed E-state index contributed by atoms with van der Waals surface area (Å²) >= 11 is 0. The summed E-state index contributed by atoms with van der Waals surface area (Å²) in [5.41, 5.74) is 11.0. The SMILES string of the molecule is Cc1ccc(/C(N)=C(/C#N)c2cccnc2)c(C)c1. The fourth-order valence-corrected chi connectivity index (χ4v) is 2.04. The van der Waals surface area contributed by atoms with Crippen molar-refractivity contribution in [3.63, 3.8) is 0 Å². The third kappa shape index (κ3) is 2.63. The minimum atomic E-state index is 0.458. The van der Waals surface area contributed by atoms with Crippen LogP contribution in [0.1, 0.15) is 22.3 Å². The van der Waals surface area contributed by atoms with Gasteiger partial charge in [-0.05, 0) is 25.5 Å². The van der Waals surface area contributed by atoms with Crippen molar-refractivity contribution in [2.24, 2.45) is 5.73 Å². The van der Waals surface area contributed by atoms with Crippen molar-refractivity contribution in [2.45, 2.75) is 13.8 Å². The third-order valence-electron chi connectivity index (χ3n) is 3.00. The topological polar surface area (TPSA) is 62.7 Å². The van der Waals surface area contributed by atoms with Crippen LogP contribution in [-0.2, 0) is 0 Å². The van der Waals surface area contributed by atoms with E-state index in [0.717, 1.165) is 16.7 Å².